The normalized spacial score (nSPS) is 14.3. The van der Waals surface area contributed by atoms with Crippen LogP contribution in [0, 0.1) is 13.8 Å². The first-order valence-electron chi connectivity index (χ1n) is 20.1. The highest BCUT2D eigenvalue weighted by Crippen LogP contribution is 2.53. The Hall–Kier alpha value is -5.70. The minimum Gasteiger partial charge on any atom is -0.492 e. The van der Waals surface area contributed by atoms with Gasteiger partial charge in [-0.25, -0.2) is 0 Å². The maximum absolute atomic E-state index is 13.4. The Kier molecular flexibility index (Phi) is 13.0. The summed E-state index contributed by atoms with van der Waals surface area (Å²) in [5, 5.41) is 8.13. The zero-order valence-corrected chi connectivity index (χ0v) is 33.9. The number of ether oxygens (including phenoxy) is 2. The molecular weight excluding hydrogens is 709 g/mol. The van der Waals surface area contributed by atoms with Crippen LogP contribution in [0.25, 0.3) is 21.5 Å². The molecule has 0 aliphatic heterocycles. The highest BCUT2D eigenvalue weighted by Gasteiger charge is 2.51. The molecule has 5 N–H and O–H groups in total. The molecule has 8 heteroatoms. The first kappa shape index (κ1) is 40.9. The maximum atomic E-state index is 13.4. The van der Waals surface area contributed by atoms with Crippen molar-refractivity contribution in [1.82, 2.24) is 10.2 Å². The van der Waals surface area contributed by atoms with Crippen LogP contribution < -0.4 is 26.3 Å². The van der Waals surface area contributed by atoms with E-state index in [9.17, 15) is 9.59 Å². The summed E-state index contributed by atoms with van der Waals surface area (Å²) in [6.45, 7) is 9.67. The number of aryl methyl sites for hydroxylation is 2. The van der Waals surface area contributed by atoms with Gasteiger partial charge in [-0.3, -0.25) is 9.59 Å². The first-order chi connectivity index (χ1) is 27.7. The largest absolute Gasteiger partial charge is 0.492 e. The summed E-state index contributed by atoms with van der Waals surface area (Å²) >= 11 is 0. The average molecular weight is 765 g/mol. The second-order valence-electron chi connectivity index (χ2n) is 14.7. The molecule has 0 radical (unpaired) electrons. The summed E-state index contributed by atoms with van der Waals surface area (Å²) in [6, 6.07) is 40.6. The van der Waals surface area contributed by atoms with Gasteiger partial charge in [-0.05, 0) is 108 Å². The van der Waals surface area contributed by atoms with Gasteiger partial charge in [0.15, 0.2) is 0 Å². The summed E-state index contributed by atoms with van der Waals surface area (Å²) in [7, 11) is 1.92. The van der Waals surface area contributed by atoms with E-state index >= 15 is 0 Å². The number of nitrogens with one attached hydrogen (secondary N) is 1. The van der Waals surface area contributed by atoms with Crippen LogP contribution in [0.4, 0.5) is 0 Å². The monoisotopic (exact) mass is 764 g/mol. The molecule has 2 aliphatic carbocycles. The van der Waals surface area contributed by atoms with E-state index < -0.39 is 0 Å². The van der Waals surface area contributed by atoms with Crippen LogP contribution in [0.1, 0.15) is 82.5 Å². The molecule has 2 amide bonds. The van der Waals surface area contributed by atoms with Gasteiger partial charge in [0, 0.05) is 31.3 Å². The molecule has 0 aromatic heterocycles. The van der Waals surface area contributed by atoms with Gasteiger partial charge in [0.2, 0.25) is 0 Å². The Labute approximate surface area is 337 Å². The molecule has 8 nitrogen and oxygen atoms in total. The fraction of sp³-hybridized carbons (Fsp3) is 0.306. The van der Waals surface area contributed by atoms with Crippen molar-refractivity contribution in [1.29, 1.82) is 0 Å². The van der Waals surface area contributed by atoms with E-state index in [4.69, 9.17) is 20.9 Å². The van der Waals surface area contributed by atoms with Crippen LogP contribution in [-0.4, -0.2) is 50.1 Å². The van der Waals surface area contributed by atoms with Gasteiger partial charge in [0.05, 0.1) is 11.1 Å². The quantitative estimate of drug-likeness (QED) is 0.114. The van der Waals surface area contributed by atoms with Crippen molar-refractivity contribution < 1.29 is 19.1 Å². The fourth-order valence-electron chi connectivity index (χ4n) is 7.63. The molecule has 6 aromatic rings. The van der Waals surface area contributed by atoms with E-state index in [-0.39, 0.29) is 22.9 Å². The van der Waals surface area contributed by atoms with E-state index in [0.29, 0.717) is 48.9 Å². The van der Waals surface area contributed by atoms with Crippen molar-refractivity contribution in [3.63, 3.8) is 0 Å². The minimum absolute atomic E-state index is 0.0288. The van der Waals surface area contributed by atoms with Crippen LogP contribution in [-0.2, 0) is 11.1 Å². The van der Waals surface area contributed by atoms with Crippen LogP contribution in [0.2, 0.25) is 0 Å². The number of carbonyl (C=O) groups excluding carboxylic acids is 2. The molecular formula is C49H56N4O4. The summed E-state index contributed by atoms with van der Waals surface area (Å²) in [6.07, 6.45) is 3.86. The molecule has 0 atom stereocenters. The predicted molar refractivity (Wildman–Crippen MR) is 232 cm³/mol. The molecule has 2 aliphatic rings. The van der Waals surface area contributed by atoms with Gasteiger partial charge in [-0.2, -0.15) is 0 Å². The van der Waals surface area contributed by atoms with Crippen molar-refractivity contribution in [3.8, 4) is 11.5 Å². The number of hydrogen-bond acceptors (Lipinski definition) is 6. The zero-order valence-electron chi connectivity index (χ0n) is 33.9. The number of rotatable bonds is 12. The predicted octanol–water partition coefficient (Wildman–Crippen LogP) is 9.18. The number of benzene rings is 6. The number of hydrogen-bond donors (Lipinski definition) is 3. The highest BCUT2D eigenvalue weighted by molar-refractivity contribution is 5.98. The molecule has 57 heavy (non-hydrogen) atoms. The fourth-order valence-corrected chi connectivity index (χ4v) is 7.63. The maximum Gasteiger partial charge on any atom is 0.254 e. The number of carbonyl (C=O) groups is 2. The smallest absolute Gasteiger partial charge is 0.254 e. The van der Waals surface area contributed by atoms with Crippen molar-refractivity contribution >= 4 is 33.4 Å². The van der Waals surface area contributed by atoms with Crippen LogP contribution in [0.3, 0.4) is 0 Å². The van der Waals surface area contributed by atoms with Crippen molar-refractivity contribution in [3.05, 3.63) is 155 Å². The summed E-state index contributed by atoms with van der Waals surface area (Å²) in [5.41, 5.74) is 16.2. The molecule has 296 valence electrons. The Morgan fingerprint density at radius 2 is 1.11 bits per heavy atom. The Morgan fingerprint density at radius 1 is 0.632 bits per heavy atom. The van der Waals surface area contributed by atoms with E-state index in [1.165, 1.54) is 32.7 Å². The topological polar surface area (TPSA) is 120 Å². The second-order valence-corrected chi connectivity index (χ2v) is 14.7. The van der Waals surface area contributed by atoms with Gasteiger partial charge < -0.3 is 31.2 Å². The molecule has 0 saturated heterocycles. The summed E-state index contributed by atoms with van der Waals surface area (Å²) in [5.74, 6) is 1.33. The number of nitrogens with two attached hydrogens (primary N) is 2. The van der Waals surface area contributed by atoms with Gasteiger partial charge in [-0.15, -0.1) is 0 Å². The van der Waals surface area contributed by atoms with Gasteiger partial charge in [-0.1, -0.05) is 111 Å². The Bertz CT molecular complexity index is 2340. The van der Waals surface area contributed by atoms with Crippen molar-refractivity contribution in [2.75, 3.05) is 33.4 Å². The summed E-state index contributed by atoms with van der Waals surface area (Å²) < 4.78 is 11.2. The molecule has 8 rings (SSSR count). The SMILES string of the molecule is CC.Cc1ccc(OCCN)cc1C(=O)N(C)C1(c2cccc3ccccc23)CC1.Cc1ccc(OCCN)cc1C(=O)NC1(c2cccc3ccccc23)CC1. The number of nitrogens with zero attached hydrogens (tertiary/aromatic N) is 1. The standard InChI is InChI=1S/C24H26N2O2.C23H24N2O2.C2H6/c1-17-10-11-19(28-15-14-25)16-21(17)23(27)26(2)24(12-13-24)22-9-5-7-18-6-3-4-8-20(18)22;1-16-9-10-18(27-14-13-24)15-20(16)22(26)25-23(11-12-23)21-8-4-6-17-5-2-3-7-19(17)21;1-2/h3-11,16H,12-15,25H2,1-2H3;2-10,15H,11-14,24H2,1H3,(H,25,26);1-2H3. The lowest BCUT2D eigenvalue weighted by Gasteiger charge is -2.30. The van der Waals surface area contributed by atoms with Crippen molar-refractivity contribution in [2.24, 2.45) is 11.5 Å². The second kappa shape index (κ2) is 18.0. The van der Waals surface area contributed by atoms with Gasteiger partial charge in [0.25, 0.3) is 11.8 Å². The Balaban J connectivity index is 0.000000185. The van der Waals surface area contributed by atoms with Gasteiger partial charge >= 0.3 is 0 Å². The average Bonchev–Trinajstić information content (AvgIpc) is 4.20. The van der Waals surface area contributed by atoms with E-state index in [1.54, 1.807) is 6.07 Å². The lowest BCUT2D eigenvalue weighted by Crippen LogP contribution is -2.37. The number of fused-ring (bicyclic) bond motifs is 2. The summed E-state index contributed by atoms with van der Waals surface area (Å²) in [4.78, 5) is 28.4. The molecule has 0 unspecified atom stereocenters. The Morgan fingerprint density at radius 3 is 1.63 bits per heavy atom. The minimum atomic E-state index is -0.279. The third-order valence-electron chi connectivity index (χ3n) is 11.0. The molecule has 0 heterocycles. The molecule has 2 saturated carbocycles. The molecule has 0 bridgehead atoms. The zero-order chi connectivity index (χ0) is 40.6. The molecule has 2 fully saturated rings. The molecule has 6 aromatic carbocycles. The van der Waals surface area contributed by atoms with E-state index in [1.807, 2.05) is 82.1 Å². The first-order valence-corrected chi connectivity index (χ1v) is 20.1. The van der Waals surface area contributed by atoms with Crippen molar-refractivity contribution in [2.45, 2.75) is 64.5 Å². The highest BCUT2D eigenvalue weighted by atomic mass is 16.5. The van der Waals surface area contributed by atoms with Crippen LogP contribution >= 0.6 is 0 Å². The van der Waals surface area contributed by atoms with Crippen LogP contribution in [0.15, 0.2) is 121 Å². The lowest BCUT2D eigenvalue weighted by atomic mass is 9.95. The lowest BCUT2D eigenvalue weighted by molar-refractivity contribution is 0.0704. The van der Waals surface area contributed by atoms with E-state index in [2.05, 4.69) is 78.1 Å². The van der Waals surface area contributed by atoms with Gasteiger partial charge in [0.1, 0.15) is 24.7 Å². The third-order valence-corrected chi connectivity index (χ3v) is 11.0. The third kappa shape index (κ3) is 8.83. The molecule has 0 spiro atoms. The number of amides is 2. The van der Waals surface area contributed by atoms with E-state index in [0.717, 1.165) is 36.8 Å². The van der Waals surface area contributed by atoms with Crippen LogP contribution in [0.5, 0.6) is 11.5 Å².